The van der Waals surface area contributed by atoms with Crippen molar-refractivity contribution in [1.82, 2.24) is 9.03 Å². The third-order valence-corrected chi connectivity index (χ3v) is 4.88. The molecule has 0 bridgehead atoms. The molecule has 0 spiro atoms. The Kier molecular flexibility index (Phi) is 5.17. The highest BCUT2D eigenvalue weighted by Crippen LogP contribution is 2.18. The Morgan fingerprint density at radius 1 is 1.27 bits per heavy atom. The summed E-state index contributed by atoms with van der Waals surface area (Å²) in [6, 6.07) is 6.90. The third kappa shape index (κ3) is 4.04. The number of ether oxygens (including phenoxy) is 1. The van der Waals surface area contributed by atoms with E-state index in [2.05, 4.69) is 4.72 Å². The van der Waals surface area contributed by atoms with Gasteiger partial charge in [-0.3, -0.25) is 4.79 Å². The van der Waals surface area contributed by atoms with E-state index < -0.39 is 22.2 Å². The predicted molar refractivity (Wildman–Crippen MR) is 80.5 cm³/mol. The van der Waals surface area contributed by atoms with Gasteiger partial charge in [-0.25, -0.2) is 0 Å². The van der Waals surface area contributed by atoms with Crippen LogP contribution < -0.4 is 4.72 Å². The molecule has 1 aromatic carbocycles. The SMILES string of the molecule is CC1CN(S(=O)(=O)N[C@H](C(=O)O)c2ccccc2)CC(C)O1. The van der Waals surface area contributed by atoms with E-state index in [1.54, 1.807) is 44.2 Å². The molecule has 2 rings (SSSR count). The Hall–Kier alpha value is -1.48. The summed E-state index contributed by atoms with van der Waals surface area (Å²) in [6.45, 7) is 3.95. The van der Waals surface area contributed by atoms with Crippen LogP contribution in [-0.4, -0.2) is 49.1 Å². The molecule has 22 heavy (non-hydrogen) atoms. The summed E-state index contributed by atoms with van der Waals surface area (Å²) in [7, 11) is -3.92. The van der Waals surface area contributed by atoms with Crippen molar-refractivity contribution in [2.75, 3.05) is 13.1 Å². The monoisotopic (exact) mass is 328 g/mol. The number of hydrogen-bond acceptors (Lipinski definition) is 4. The standard InChI is InChI=1S/C14H20N2O5S/c1-10-8-16(9-11(2)21-10)22(19,20)15-13(14(17)18)12-6-4-3-5-7-12/h3-7,10-11,13,15H,8-9H2,1-2H3,(H,17,18)/t10?,11?,13-/m0/s1. The third-order valence-electron chi connectivity index (χ3n) is 3.37. The first kappa shape index (κ1) is 16.9. The average molecular weight is 328 g/mol. The van der Waals surface area contributed by atoms with E-state index >= 15 is 0 Å². The molecule has 0 amide bonds. The van der Waals surface area contributed by atoms with Crippen LogP contribution in [0, 0.1) is 0 Å². The summed E-state index contributed by atoms with van der Waals surface area (Å²) in [4.78, 5) is 11.4. The summed E-state index contributed by atoms with van der Waals surface area (Å²) in [5.74, 6) is -1.25. The molecule has 1 saturated heterocycles. The number of nitrogens with one attached hydrogen (secondary N) is 1. The number of aliphatic carboxylic acids is 1. The van der Waals surface area contributed by atoms with Crippen molar-refractivity contribution in [2.24, 2.45) is 0 Å². The van der Waals surface area contributed by atoms with Gasteiger partial charge < -0.3 is 9.84 Å². The van der Waals surface area contributed by atoms with Gasteiger partial charge in [0.05, 0.1) is 12.2 Å². The van der Waals surface area contributed by atoms with Crippen LogP contribution in [0.3, 0.4) is 0 Å². The molecular formula is C14H20N2O5S. The van der Waals surface area contributed by atoms with Crippen LogP contribution in [-0.2, 0) is 19.7 Å². The van der Waals surface area contributed by atoms with Crippen LogP contribution in [0.15, 0.2) is 30.3 Å². The molecule has 1 aromatic rings. The van der Waals surface area contributed by atoms with Crippen LogP contribution >= 0.6 is 0 Å². The Labute approximate surface area is 130 Å². The topological polar surface area (TPSA) is 95.9 Å². The lowest BCUT2D eigenvalue weighted by atomic mass is 10.1. The summed E-state index contributed by atoms with van der Waals surface area (Å²) < 4.78 is 33.9. The van der Waals surface area contributed by atoms with Crippen molar-refractivity contribution in [3.8, 4) is 0 Å². The van der Waals surface area contributed by atoms with Gasteiger partial charge in [0.1, 0.15) is 6.04 Å². The molecule has 1 aliphatic rings. The predicted octanol–water partition coefficient (Wildman–Crippen LogP) is 0.756. The van der Waals surface area contributed by atoms with Crippen LogP contribution in [0.2, 0.25) is 0 Å². The molecule has 0 aromatic heterocycles. The Morgan fingerprint density at radius 3 is 2.32 bits per heavy atom. The number of nitrogens with zero attached hydrogens (tertiary/aromatic N) is 1. The molecule has 1 heterocycles. The molecule has 8 heteroatoms. The lowest BCUT2D eigenvalue weighted by Crippen LogP contribution is -2.53. The van der Waals surface area contributed by atoms with Gasteiger partial charge in [-0.05, 0) is 19.4 Å². The van der Waals surface area contributed by atoms with Crippen LogP contribution in [0.4, 0.5) is 0 Å². The maximum Gasteiger partial charge on any atom is 0.326 e. The smallest absolute Gasteiger partial charge is 0.326 e. The number of carboxylic acid groups (broad SMARTS) is 1. The van der Waals surface area contributed by atoms with Gasteiger partial charge in [-0.2, -0.15) is 17.4 Å². The Bertz CT molecular complexity index is 609. The van der Waals surface area contributed by atoms with Crippen molar-refractivity contribution in [1.29, 1.82) is 0 Å². The van der Waals surface area contributed by atoms with Gasteiger partial charge in [-0.15, -0.1) is 0 Å². The zero-order chi connectivity index (χ0) is 16.3. The molecule has 0 radical (unpaired) electrons. The molecule has 0 saturated carbocycles. The van der Waals surface area contributed by atoms with Crippen LogP contribution in [0.1, 0.15) is 25.5 Å². The first-order chi connectivity index (χ1) is 10.3. The highest BCUT2D eigenvalue weighted by Gasteiger charge is 2.34. The van der Waals surface area contributed by atoms with Gasteiger partial charge in [0.15, 0.2) is 0 Å². The number of benzene rings is 1. The van der Waals surface area contributed by atoms with E-state index in [0.717, 1.165) is 0 Å². The number of carboxylic acids is 1. The first-order valence-corrected chi connectivity index (χ1v) is 8.44. The van der Waals surface area contributed by atoms with E-state index in [0.29, 0.717) is 5.56 Å². The molecule has 2 unspecified atom stereocenters. The van der Waals surface area contributed by atoms with E-state index in [1.165, 1.54) is 4.31 Å². The Morgan fingerprint density at radius 2 is 1.82 bits per heavy atom. The second-order valence-corrected chi connectivity index (χ2v) is 7.08. The summed E-state index contributed by atoms with van der Waals surface area (Å²) >= 11 is 0. The second-order valence-electron chi connectivity index (χ2n) is 5.38. The fraction of sp³-hybridized carbons (Fsp3) is 0.500. The number of hydrogen-bond donors (Lipinski definition) is 2. The summed E-state index contributed by atoms with van der Waals surface area (Å²) in [5, 5.41) is 9.32. The second kappa shape index (κ2) is 6.74. The summed E-state index contributed by atoms with van der Waals surface area (Å²) in [5.41, 5.74) is 0.382. The van der Waals surface area contributed by atoms with Gasteiger partial charge in [0.25, 0.3) is 10.2 Å². The molecule has 2 N–H and O–H groups in total. The van der Waals surface area contributed by atoms with Gasteiger partial charge >= 0.3 is 5.97 Å². The maximum absolute atomic E-state index is 12.5. The molecule has 7 nitrogen and oxygen atoms in total. The summed E-state index contributed by atoms with van der Waals surface area (Å²) in [6.07, 6.45) is -0.472. The van der Waals surface area contributed by atoms with E-state index in [4.69, 9.17) is 4.74 Å². The van der Waals surface area contributed by atoms with Crippen molar-refractivity contribution in [3.63, 3.8) is 0 Å². The van der Waals surface area contributed by atoms with Crippen LogP contribution in [0.5, 0.6) is 0 Å². The zero-order valence-electron chi connectivity index (χ0n) is 12.5. The molecule has 1 aliphatic heterocycles. The number of morpholine rings is 1. The van der Waals surface area contributed by atoms with Crippen molar-refractivity contribution in [3.05, 3.63) is 35.9 Å². The molecule has 3 atom stereocenters. The fourth-order valence-electron chi connectivity index (χ4n) is 2.46. The van der Waals surface area contributed by atoms with E-state index in [9.17, 15) is 18.3 Å². The van der Waals surface area contributed by atoms with Gasteiger partial charge in [-0.1, -0.05) is 30.3 Å². The largest absolute Gasteiger partial charge is 0.480 e. The molecule has 1 fully saturated rings. The number of rotatable bonds is 5. The Balaban J connectivity index is 2.20. The highest BCUT2D eigenvalue weighted by molar-refractivity contribution is 7.87. The average Bonchev–Trinajstić information content (AvgIpc) is 2.44. The van der Waals surface area contributed by atoms with Crippen molar-refractivity contribution >= 4 is 16.2 Å². The van der Waals surface area contributed by atoms with Crippen LogP contribution in [0.25, 0.3) is 0 Å². The lowest BCUT2D eigenvalue weighted by molar-refractivity contribution is -0.139. The van der Waals surface area contributed by atoms with Gasteiger partial charge in [0.2, 0.25) is 0 Å². The minimum Gasteiger partial charge on any atom is -0.480 e. The molecular weight excluding hydrogens is 308 g/mol. The fourth-order valence-corrected chi connectivity index (χ4v) is 3.95. The van der Waals surface area contributed by atoms with Crippen molar-refractivity contribution < 1.29 is 23.1 Å². The quantitative estimate of drug-likeness (QED) is 0.832. The highest BCUT2D eigenvalue weighted by atomic mass is 32.2. The van der Waals surface area contributed by atoms with Crippen molar-refractivity contribution in [2.45, 2.75) is 32.1 Å². The zero-order valence-corrected chi connectivity index (χ0v) is 13.3. The number of carbonyl (C=O) groups is 1. The van der Waals surface area contributed by atoms with E-state index in [-0.39, 0.29) is 25.3 Å². The minimum atomic E-state index is -3.92. The minimum absolute atomic E-state index is 0.195. The molecule has 122 valence electrons. The first-order valence-electron chi connectivity index (χ1n) is 7.00. The van der Waals surface area contributed by atoms with E-state index in [1.807, 2.05) is 0 Å². The maximum atomic E-state index is 12.5. The lowest BCUT2D eigenvalue weighted by Gasteiger charge is -2.34. The molecule has 0 aliphatic carbocycles. The van der Waals surface area contributed by atoms with Gasteiger partial charge in [0, 0.05) is 13.1 Å². The normalized spacial score (nSPS) is 24.8.